The third kappa shape index (κ3) is 7.53. The molecule has 0 aromatic heterocycles. The van der Waals surface area contributed by atoms with Gasteiger partial charge in [-0.2, -0.15) is 13.2 Å². The number of nitrogens with one attached hydrogen (secondary N) is 2. The second-order valence-corrected chi connectivity index (χ2v) is 9.94. The highest BCUT2D eigenvalue weighted by atomic mass is 19.4. The fraction of sp³-hybridized carbons (Fsp3) is 0.500. The summed E-state index contributed by atoms with van der Waals surface area (Å²) in [6.07, 6.45) is 1.41. The lowest BCUT2D eigenvalue weighted by atomic mass is 10.0. The number of halogens is 4. The SMILES string of the molecule is O=C(NC(CCCCNC1CC1c1ccc(F)cc1)C(=O)N1CCCCC1)c1ccc(C(F)(F)F)cc1. The molecule has 37 heavy (non-hydrogen) atoms. The van der Waals surface area contributed by atoms with Crippen LogP contribution < -0.4 is 10.6 Å². The molecule has 1 aliphatic carbocycles. The number of amides is 2. The number of carbonyl (C=O) groups excluding carboxylic acids is 2. The van der Waals surface area contributed by atoms with Crippen LogP contribution in [0.5, 0.6) is 0 Å². The van der Waals surface area contributed by atoms with Crippen molar-refractivity contribution in [1.82, 2.24) is 15.5 Å². The van der Waals surface area contributed by atoms with Crippen molar-refractivity contribution in [2.45, 2.75) is 69.1 Å². The van der Waals surface area contributed by atoms with Crippen LogP contribution in [0, 0.1) is 5.82 Å². The molecular weight excluding hydrogens is 486 g/mol. The standard InChI is InChI=1S/C28H33F4N3O2/c29-22-13-9-19(10-14-22)23-18-25(23)33-15-3-2-6-24(27(37)35-16-4-1-5-17-35)34-26(36)20-7-11-21(12-8-20)28(30,31)32/h7-14,23-25,33H,1-6,15-18H2,(H,34,36). The van der Waals surface area contributed by atoms with E-state index >= 15 is 0 Å². The van der Waals surface area contributed by atoms with Gasteiger partial charge in [-0.3, -0.25) is 9.59 Å². The Bertz CT molecular complexity index is 1050. The van der Waals surface area contributed by atoms with Crippen LogP contribution in [-0.2, 0) is 11.0 Å². The molecule has 2 amide bonds. The van der Waals surface area contributed by atoms with Crippen LogP contribution in [0.15, 0.2) is 48.5 Å². The maximum atomic E-state index is 13.2. The van der Waals surface area contributed by atoms with Crippen molar-refractivity contribution in [3.8, 4) is 0 Å². The van der Waals surface area contributed by atoms with Gasteiger partial charge in [0.1, 0.15) is 11.9 Å². The van der Waals surface area contributed by atoms with Crippen LogP contribution in [0.25, 0.3) is 0 Å². The predicted octanol–water partition coefficient (Wildman–Crippen LogP) is 5.27. The van der Waals surface area contributed by atoms with E-state index in [4.69, 9.17) is 0 Å². The van der Waals surface area contributed by atoms with Crippen LogP contribution in [0.3, 0.4) is 0 Å². The zero-order valence-electron chi connectivity index (χ0n) is 20.7. The third-order valence-electron chi connectivity index (χ3n) is 7.16. The number of nitrogens with zero attached hydrogens (tertiary/aromatic N) is 1. The number of likely N-dealkylation sites (tertiary alicyclic amines) is 1. The van der Waals surface area contributed by atoms with E-state index in [1.165, 1.54) is 12.1 Å². The Labute approximate surface area is 214 Å². The molecule has 0 spiro atoms. The molecule has 3 atom stereocenters. The number of carbonyl (C=O) groups is 2. The number of hydrogen-bond donors (Lipinski definition) is 2. The summed E-state index contributed by atoms with van der Waals surface area (Å²) in [5.74, 6) is -0.543. The molecule has 0 radical (unpaired) electrons. The highest BCUT2D eigenvalue weighted by Crippen LogP contribution is 2.40. The zero-order chi connectivity index (χ0) is 26.4. The van der Waals surface area contributed by atoms with Crippen LogP contribution in [-0.4, -0.2) is 48.4 Å². The fourth-order valence-electron chi connectivity index (χ4n) is 4.90. The average Bonchev–Trinajstić information content (AvgIpc) is 3.67. The van der Waals surface area contributed by atoms with Crippen molar-refractivity contribution in [3.05, 3.63) is 71.0 Å². The molecule has 1 saturated heterocycles. The van der Waals surface area contributed by atoms with Crippen molar-refractivity contribution in [1.29, 1.82) is 0 Å². The fourth-order valence-corrected chi connectivity index (χ4v) is 4.90. The van der Waals surface area contributed by atoms with Gasteiger partial charge in [0.25, 0.3) is 5.91 Å². The topological polar surface area (TPSA) is 61.4 Å². The molecule has 4 rings (SSSR count). The normalized spacial score (nSPS) is 20.4. The molecule has 9 heteroatoms. The van der Waals surface area contributed by atoms with Gasteiger partial charge in [-0.15, -0.1) is 0 Å². The summed E-state index contributed by atoms with van der Waals surface area (Å²) >= 11 is 0. The second kappa shape index (κ2) is 12.1. The Balaban J connectivity index is 1.28. The summed E-state index contributed by atoms with van der Waals surface area (Å²) in [5.41, 5.74) is 0.388. The van der Waals surface area contributed by atoms with Crippen LogP contribution in [0.2, 0.25) is 0 Å². The van der Waals surface area contributed by atoms with Gasteiger partial charge in [0.15, 0.2) is 0 Å². The maximum absolute atomic E-state index is 13.2. The zero-order valence-corrected chi connectivity index (χ0v) is 20.7. The maximum Gasteiger partial charge on any atom is 0.416 e. The Morgan fingerprint density at radius 1 is 0.946 bits per heavy atom. The van der Waals surface area contributed by atoms with E-state index in [-0.39, 0.29) is 17.3 Å². The number of benzene rings is 2. The first-order valence-electron chi connectivity index (χ1n) is 13.0. The second-order valence-electron chi connectivity index (χ2n) is 9.94. The quantitative estimate of drug-likeness (QED) is 0.332. The molecule has 2 fully saturated rings. The summed E-state index contributed by atoms with van der Waals surface area (Å²) in [4.78, 5) is 27.7. The number of piperidine rings is 1. The summed E-state index contributed by atoms with van der Waals surface area (Å²) in [5, 5.41) is 6.27. The summed E-state index contributed by atoms with van der Waals surface area (Å²) in [7, 11) is 0. The Hall–Kier alpha value is -2.94. The first kappa shape index (κ1) is 27.1. The number of unbranched alkanes of at least 4 members (excludes halogenated alkanes) is 1. The van der Waals surface area contributed by atoms with E-state index in [2.05, 4.69) is 10.6 Å². The molecule has 200 valence electrons. The van der Waals surface area contributed by atoms with Crippen molar-refractivity contribution in [3.63, 3.8) is 0 Å². The molecule has 0 bridgehead atoms. The monoisotopic (exact) mass is 519 g/mol. The summed E-state index contributed by atoms with van der Waals surface area (Å²) < 4.78 is 51.7. The lowest BCUT2D eigenvalue weighted by Gasteiger charge is -2.31. The van der Waals surface area contributed by atoms with Gasteiger partial charge in [-0.25, -0.2) is 4.39 Å². The molecule has 1 saturated carbocycles. The number of alkyl halides is 3. The molecule has 1 aliphatic heterocycles. The molecule has 5 nitrogen and oxygen atoms in total. The molecule has 2 aromatic rings. The molecule has 2 N–H and O–H groups in total. The number of hydrogen-bond acceptors (Lipinski definition) is 3. The van der Waals surface area contributed by atoms with Gasteiger partial charge in [0.2, 0.25) is 5.91 Å². The van der Waals surface area contributed by atoms with Crippen LogP contribution in [0.4, 0.5) is 17.6 Å². The molecular formula is C28H33F4N3O2. The van der Waals surface area contributed by atoms with Gasteiger partial charge in [-0.05, 0) is 93.5 Å². The summed E-state index contributed by atoms with van der Waals surface area (Å²) in [6, 6.07) is 10.2. The minimum atomic E-state index is -4.48. The van der Waals surface area contributed by atoms with Crippen molar-refractivity contribution < 1.29 is 27.2 Å². The van der Waals surface area contributed by atoms with E-state index in [9.17, 15) is 27.2 Å². The smallest absolute Gasteiger partial charge is 0.341 e. The first-order valence-corrected chi connectivity index (χ1v) is 13.0. The minimum absolute atomic E-state index is 0.0895. The lowest BCUT2D eigenvalue weighted by molar-refractivity contribution is -0.137. The van der Waals surface area contributed by atoms with Gasteiger partial charge < -0.3 is 15.5 Å². The van der Waals surface area contributed by atoms with Crippen LogP contribution in [0.1, 0.15) is 72.3 Å². The van der Waals surface area contributed by atoms with E-state index in [0.717, 1.165) is 68.5 Å². The Morgan fingerprint density at radius 2 is 1.62 bits per heavy atom. The number of rotatable bonds is 10. The largest absolute Gasteiger partial charge is 0.416 e. The van der Waals surface area contributed by atoms with Gasteiger partial charge in [0, 0.05) is 30.6 Å². The van der Waals surface area contributed by atoms with E-state index in [0.29, 0.717) is 37.9 Å². The molecule has 3 unspecified atom stereocenters. The molecule has 1 heterocycles. The van der Waals surface area contributed by atoms with Crippen molar-refractivity contribution in [2.24, 2.45) is 0 Å². The van der Waals surface area contributed by atoms with E-state index < -0.39 is 23.7 Å². The van der Waals surface area contributed by atoms with Gasteiger partial charge in [0.05, 0.1) is 5.56 Å². The minimum Gasteiger partial charge on any atom is -0.341 e. The van der Waals surface area contributed by atoms with E-state index in [1.807, 2.05) is 12.1 Å². The van der Waals surface area contributed by atoms with Gasteiger partial charge in [-0.1, -0.05) is 12.1 Å². The summed E-state index contributed by atoms with van der Waals surface area (Å²) in [6.45, 7) is 2.07. The van der Waals surface area contributed by atoms with Crippen molar-refractivity contribution in [2.75, 3.05) is 19.6 Å². The molecule has 2 aliphatic rings. The molecule has 2 aromatic carbocycles. The highest BCUT2D eigenvalue weighted by molar-refractivity contribution is 5.97. The highest BCUT2D eigenvalue weighted by Gasteiger charge is 2.37. The van der Waals surface area contributed by atoms with Crippen molar-refractivity contribution >= 4 is 11.8 Å². The van der Waals surface area contributed by atoms with E-state index in [1.54, 1.807) is 4.90 Å². The van der Waals surface area contributed by atoms with Gasteiger partial charge >= 0.3 is 6.18 Å². The first-order chi connectivity index (χ1) is 17.7. The lowest BCUT2D eigenvalue weighted by Crippen LogP contribution is -2.50. The van der Waals surface area contributed by atoms with Crippen LogP contribution >= 0.6 is 0 Å². The average molecular weight is 520 g/mol. The Morgan fingerprint density at radius 3 is 2.27 bits per heavy atom. The Kier molecular flexibility index (Phi) is 8.84. The predicted molar refractivity (Wildman–Crippen MR) is 133 cm³/mol. The third-order valence-corrected chi connectivity index (χ3v) is 7.16.